The number of nitrogens with two attached hydrogens (primary N) is 1. The van der Waals surface area contributed by atoms with Crippen LogP contribution >= 0.6 is 12.4 Å². The summed E-state index contributed by atoms with van der Waals surface area (Å²) in [6.07, 6.45) is -0.0231. The molecule has 1 saturated heterocycles. The number of halogens is 4. The van der Waals surface area contributed by atoms with Gasteiger partial charge in [0.1, 0.15) is 12.4 Å². The molecule has 2 N–H and O–H groups in total. The van der Waals surface area contributed by atoms with Crippen molar-refractivity contribution in [1.82, 2.24) is 9.80 Å². The minimum atomic E-state index is -1.27. The molecule has 0 aliphatic carbocycles. The fourth-order valence-electron chi connectivity index (χ4n) is 3.59. The lowest BCUT2D eigenvalue weighted by Gasteiger charge is -2.23. The van der Waals surface area contributed by atoms with Crippen LogP contribution in [0.2, 0.25) is 0 Å². The van der Waals surface area contributed by atoms with Gasteiger partial charge in [0.15, 0.2) is 11.6 Å². The van der Waals surface area contributed by atoms with Gasteiger partial charge >= 0.3 is 6.09 Å². The number of carbonyl (C=O) groups excluding carboxylic acids is 2. The van der Waals surface area contributed by atoms with Crippen molar-refractivity contribution < 1.29 is 27.5 Å². The first-order chi connectivity index (χ1) is 15.3. The summed E-state index contributed by atoms with van der Waals surface area (Å²) in [5.41, 5.74) is 6.78. The lowest BCUT2D eigenvalue weighted by molar-refractivity contribution is -0.131. The molecule has 10 heteroatoms. The van der Waals surface area contributed by atoms with Gasteiger partial charge in [0.05, 0.1) is 0 Å². The Balaban J connectivity index is 0.00000385. The van der Waals surface area contributed by atoms with E-state index < -0.39 is 29.6 Å². The second-order valence-corrected chi connectivity index (χ2v) is 7.79. The van der Waals surface area contributed by atoms with Gasteiger partial charge in [-0.2, -0.15) is 0 Å². The molecule has 1 atom stereocenters. The van der Waals surface area contributed by atoms with E-state index in [-0.39, 0.29) is 43.3 Å². The Morgan fingerprint density at radius 2 is 1.58 bits per heavy atom. The Morgan fingerprint density at radius 1 is 0.939 bits per heavy atom. The van der Waals surface area contributed by atoms with Gasteiger partial charge in [-0.3, -0.25) is 4.79 Å². The fourth-order valence-corrected chi connectivity index (χ4v) is 3.59. The van der Waals surface area contributed by atoms with Crippen LogP contribution in [0.5, 0.6) is 0 Å². The molecule has 1 aliphatic heterocycles. The summed E-state index contributed by atoms with van der Waals surface area (Å²) in [5.74, 6) is -3.56. The fraction of sp³-hybridized carbons (Fsp3) is 0.391. The number of rotatable bonds is 6. The molecule has 2 amide bonds. The SMILES string of the molecule is Cl.N[C@@H](CC(=O)N1CCCN(C(=O)OCc2ccccc2)CC1)Cc1cc(F)c(F)cc1F. The van der Waals surface area contributed by atoms with E-state index >= 15 is 0 Å². The molecule has 0 radical (unpaired) electrons. The average molecular weight is 486 g/mol. The van der Waals surface area contributed by atoms with Crippen molar-refractivity contribution in [3.63, 3.8) is 0 Å². The van der Waals surface area contributed by atoms with Crippen LogP contribution in [-0.4, -0.2) is 54.0 Å². The summed E-state index contributed by atoms with van der Waals surface area (Å²) in [5, 5.41) is 0. The lowest BCUT2D eigenvalue weighted by atomic mass is 10.0. The number of amides is 2. The van der Waals surface area contributed by atoms with E-state index in [1.54, 1.807) is 9.80 Å². The Bertz CT molecular complexity index is 949. The molecule has 6 nitrogen and oxygen atoms in total. The predicted octanol–water partition coefficient (Wildman–Crippen LogP) is 3.66. The Hall–Kier alpha value is -2.78. The minimum absolute atomic E-state index is 0. The third-order valence-corrected chi connectivity index (χ3v) is 5.32. The maximum Gasteiger partial charge on any atom is 0.410 e. The van der Waals surface area contributed by atoms with Crippen molar-refractivity contribution in [3.05, 3.63) is 71.0 Å². The van der Waals surface area contributed by atoms with E-state index in [1.807, 2.05) is 30.3 Å². The highest BCUT2D eigenvalue weighted by molar-refractivity contribution is 5.85. The summed E-state index contributed by atoms with van der Waals surface area (Å²) < 4.78 is 45.6. The molecular weight excluding hydrogens is 459 g/mol. The lowest BCUT2D eigenvalue weighted by Crippen LogP contribution is -2.40. The van der Waals surface area contributed by atoms with E-state index in [0.29, 0.717) is 38.7 Å². The van der Waals surface area contributed by atoms with Crippen LogP contribution in [0.4, 0.5) is 18.0 Å². The topological polar surface area (TPSA) is 75.9 Å². The Labute approximate surface area is 196 Å². The molecule has 1 aliphatic rings. The van der Waals surface area contributed by atoms with Crippen LogP contribution in [0.3, 0.4) is 0 Å². The molecule has 0 unspecified atom stereocenters. The number of carbonyl (C=O) groups is 2. The molecular formula is C23H27ClF3N3O3. The summed E-state index contributed by atoms with van der Waals surface area (Å²) in [7, 11) is 0. The first-order valence-electron chi connectivity index (χ1n) is 10.5. The molecule has 1 heterocycles. The Kier molecular flexibility index (Phi) is 9.99. The maximum atomic E-state index is 13.8. The maximum absolute atomic E-state index is 13.8. The number of nitrogens with zero attached hydrogens (tertiary/aromatic N) is 2. The summed E-state index contributed by atoms with van der Waals surface area (Å²) in [6.45, 7) is 1.74. The van der Waals surface area contributed by atoms with Crippen molar-refractivity contribution in [2.75, 3.05) is 26.2 Å². The highest BCUT2D eigenvalue weighted by Crippen LogP contribution is 2.16. The molecule has 0 saturated carbocycles. The van der Waals surface area contributed by atoms with Crippen molar-refractivity contribution >= 4 is 24.4 Å². The second kappa shape index (κ2) is 12.5. The predicted molar refractivity (Wildman–Crippen MR) is 119 cm³/mol. The summed E-state index contributed by atoms with van der Waals surface area (Å²) in [6, 6.07) is 9.83. The van der Waals surface area contributed by atoms with Gasteiger partial charge in [-0.25, -0.2) is 18.0 Å². The summed E-state index contributed by atoms with van der Waals surface area (Å²) in [4.78, 5) is 28.1. The normalized spacial score (nSPS) is 14.8. The largest absolute Gasteiger partial charge is 0.445 e. The number of ether oxygens (including phenoxy) is 1. The number of benzene rings is 2. The van der Waals surface area contributed by atoms with Crippen molar-refractivity contribution in [3.8, 4) is 0 Å². The van der Waals surface area contributed by atoms with Crippen LogP contribution < -0.4 is 5.73 Å². The molecule has 1 fully saturated rings. The van der Waals surface area contributed by atoms with Crippen LogP contribution in [0, 0.1) is 17.5 Å². The van der Waals surface area contributed by atoms with Gasteiger partial charge < -0.3 is 20.3 Å². The van der Waals surface area contributed by atoms with E-state index in [1.165, 1.54) is 0 Å². The molecule has 2 aromatic carbocycles. The molecule has 0 bridgehead atoms. The quantitative estimate of drug-likeness (QED) is 0.634. The molecule has 0 spiro atoms. The standard InChI is InChI=1S/C23H26F3N3O3.ClH/c24-19-14-21(26)20(25)12-17(19)11-18(27)13-22(30)28-7-4-8-29(10-9-28)23(31)32-15-16-5-2-1-3-6-16;/h1-3,5-6,12,14,18H,4,7-11,13,15,27H2;1H/t18-;/m1./s1. The van der Waals surface area contributed by atoms with E-state index in [2.05, 4.69) is 0 Å². The number of hydrogen-bond donors (Lipinski definition) is 1. The van der Waals surface area contributed by atoms with E-state index in [4.69, 9.17) is 10.5 Å². The number of hydrogen-bond acceptors (Lipinski definition) is 4. The monoisotopic (exact) mass is 485 g/mol. The molecule has 3 rings (SSSR count). The van der Waals surface area contributed by atoms with Gasteiger partial charge in [-0.1, -0.05) is 30.3 Å². The first-order valence-corrected chi connectivity index (χ1v) is 10.5. The molecule has 33 heavy (non-hydrogen) atoms. The highest BCUT2D eigenvalue weighted by Gasteiger charge is 2.24. The van der Waals surface area contributed by atoms with Gasteiger partial charge in [-0.15, -0.1) is 12.4 Å². The van der Waals surface area contributed by atoms with Crippen LogP contribution in [0.25, 0.3) is 0 Å². The molecule has 2 aromatic rings. The summed E-state index contributed by atoms with van der Waals surface area (Å²) >= 11 is 0. The van der Waals surface area contributed by atoms with Crippen LogP contribution in [0.15, 0.2) is 42.5 Å². The van der Waals surface area contributed by atoms with Gasteiger partial charge in [0.2, 0.25) is 5.91 Å². The minimum Gasteiger partial charge on any atom is -0.445 e. The molecule has 0 aromatic heterocycles. The third-order valence-electron chi connectivity index (χ3n) is 5.32. The highest BCUT2D eigenvalue weighted by atomic mass is 35.5. The van der Waals surface area contributed by atoms with Crippen LogP contribution in [0.1, 0.15) is 24.0 Å². The third kappa shape index (κ3) is 7.64. The van der Waals surface area contributed by atoms with Crippen LogP contribution in [-0.2, 0) is 22.6 Å². The zero-order valence-corrected chi connectivity index (χ0v) is 18.8. The first kappa shape index (κ1) is 26.5. The average Bonchev–Trinajstić information content (AvgIpc) is 3.03. The smallest absolute Gasteiger partial charge is 0.410 e. The van der Waals surface area contributed by atoms with Crippen molar-refractivity contribution in [2.24, 2.45) is 5.73 Å². The van der Waals surface area contributed by atoms with Crippen molar-refractivity contribution in [1.29, 1.82) is 0 Å². The van der Waals surface area contributed by atoms with Gasteiger partial charge in [-0.05, 0) is 30.0 Å². The zero-order chi connectivity index (χ0) is 23.1. The van der Waals surface area contributed by atoms with E-state index in [0.717, 1.165) is 11.6 Å². The van der Waals surface area contributed by atoms with E-state index in [9.17, 15) is 22.8 Å². The van der Waals surface area contributed by atoms with Gasteiger partial charge in [0, 0.05) is 44.7 Å². The second-order valence-electron chi connectivity index (χ2n) is 7.79. The Morgan fingerprint density at radius 3 is 2.30 bits per heavy atom. The van der Waals surface area contributed by atoms with Gasteiger partial charge in [0.25, 0.3) is 0 Å². The molecule has 180 valence electrons. The van der Waals surface area contributed by atoms with Crippen molar-refractivity contribution in [2.45, 2.75) is 31.9 Å². The zero-order valence-electron chi connectivity index (χ0n) is 18.0.